The van der Waals surface area contributed by atoms with Crippen LogP contribution in [-0.4, -0.2) is 35.8 Å². The van der Waals surface area contributed by atoms with Crippen LogP contribution in [0.25, 0.3) is 0 Å². The fraction of sp³-hybridized carbons (Fsp3) is 0.900. The molecule has 0 unspecified atom stereocenters. The quantitative estimate of drug-likeness (QED) is 0.599. The molecular formula is C20H36N2O3. The minimum Gasteiger partial charge on any atom is -0.389 e. The van der Waals surface area contributed by atoms with Crippen molar-refractivity contribution in [2.45, 2.75) is 103 Å². The molecule has 3 heterocycles. The van der Waals surface area contributed by atoms with E-state index in [-0.39, 0.29) is 11.2 Å². The predicted octanol–water partition coefficient (Wildman–Crippen LogP) is 5.23. The predicted molar refractivity (Wildman–Crippen MR) is 102 cm³/mol. The molecule has 0 aromatic carbocycles. The fourth-order valence-corrected chi connectivity index (χ4v) is 4.06. The molecule has 0 atom stereocenters. The van der Waals surface area contributed by atoms with Crippen LogP contribution in [0.2, 0.25) is 0 Å². The maximum atomic E-state index is 5.56. The topological polar surface area (TPSA) is 52.4 Å². The molecule has 2 spiro atoms. The van der Waals surface area contributed by atoms with Crippen molar-refractivity contribution in [1.29, 1.82) is 0 Å². The number of rotatable bonds is 0. The maximum Gasteiger partial charge on any atom is 0.147 e. The first-order chi connectivity index (χ1) is 12.1. The molecule has 144 valence electrons. The standard InChI is InChI=1S/C10H17NO.C8H13NO2.C2H6/c1-9-8-10(12-11-9)6-4-2-3-5-7-10;1-7-6-8(11-9-7)2-4-10-5-3-8;1-2/h2-8H2,1H3;2-6H2,1H3;1-2H3. The molecule has 0 bridgehead atoms. The van der Waals surface area contributed by atoms with Gasteiger partial charge in [-0.05, 0) is 39.5 Å². The summed E-state index contributed by atoms with van der Waals surface area (Å²) in [5, 5.41) is 8.05. The summed E-state index contributed by atoms with van der Waals surface area (Å²) >= 11 is 0. The van der Waals surface area contributed by atoms with Gasteiger partial charge in [0.25, 0.3) is 0 Å². The first-order valence-electron chi connectivity index (χ1n) is 10.1. The molecule has 0 amide bonds. The third kappa shape index (κ3) is 5.70. The lowest BCUT2D eigenvalue weighted by Crippen LogP contribution is -2.36. The van der Waals surface area contributed by atoms with Gasteiger partial charge in [-0.25, -0.2) is 0 Å². The zero-order chi connectivity index (χ0) is 18.2. The van der Waals surface area contributed by atoms with Gasteiger partial charge < -0.3 is 14.4 Å². The van der Waals surface area contributed by atoms with Crippen LogP contribution in [0.5, 0.6) is 0 Å². The molecule has 4 rings (SSSR count). The Morgan fingerprint density at radius 1 is 0.680 bits per heavy atom. The molecule has 5 heteroatoms. The zero-order valence-corrected chi connectivity index (χ0v) is 16.6. The van der Waals surface area contributed by atoms with Crippen molar-refractivity contribution in [3.8, 4) is 0 Å². The van der Waals surface area contributed by atoms with Gasteiger partial charge in [-0.3, -0.25) is 0 Å². The number of hydrogen-bond donors (Lipinski definition) is 0. The summed E-state index contributed by atoms with van der Waals surface area (Å²) in [5.41, 5.74) is 2.44. The van der Waals surface area contributed by atoms with Crippen molar-refractivity contribution in [1.82, 2.24) is 0 Å². The van der Waals surface area contributed by atoms with Crippen LogP contribution in [0.4, 0.5) is 0 Å². The first-order valence-corrected chi connectivity index (χ1v) is 10.1. The Balaban J connectivity index is 0.000000165. The van der Waals surface area contributed by atoms with Crippen molar-refractivity contribution < 1.29 is 14.4 Å². The molecule has 0 aromatic rings. The zero-order valence-electron chi connectivity index (χ0n) is 16.6. The second-order valence-corrected chi connectivity index (χ2v) is 7.58. The molecule has 0 N–H and O–H groups in total. The van der Waals surface area contributed by atoms with Crippen LogP contribution in [0.1, 0.15) is 91.9 Å². The smallest absolute Gasteiger partial charge is 0.147 e. The molecule has 5 nitrogen and oxygen atoms in total. The average Bonchev–Trinajstić information content (AvgIpc) is 3.07. The molecule has 2 fully saturated rings. The van der Waals surface area contributed by atoms with Crippen molar-refractivity contribution in [3.05, 3.63) is 0 Å². The summed E-state index contributed by atoms with van der Waals surface area (Å²) in [6, 6.07) is 0. The summed E-state index contributed by atoms with van der Waals surface area (Å²) in [6.07, 6.45) is 11.9. The van der Waals surface area contributed by atoms with Gasteiger partial charge in [0.05, 0.1) is 24.6 Å². The van der Waals surface area contributed by atoms with Gasteiger partial charge >= 0.3 is 0 Å². The van der Waals surface area contributed by atoms with Gasteiger partial charge in [-0.15, -0.1) is 0 Å². The van der Waals surface area contributed by atoms with E-state index in [0.29, 0.717) is 0 Å². The third-order valence-corrected chi connectivity index (χ3v) is 5.37. The van der Waals surface area contributed by atoms with Gasteiger partial charge in [0, 0.05) is 25.7 Å². The Hall–Kier alpha value is -1.10. The maximum absolute atomic E-state index is 5.56. The van der Waals surface area contributed by atoms with E-state index in [1.807, 2.05) is 20.8 Å². The summed E-state index contributed by atoms with van der Waals surface area (Å²) < 4.78 is 5.26. The fourth-order valence-electron chi connectivity index (χ4n) is 4.06. The van der Waals surface area contributed by atoms with E-state index < -0.39 is 0 Å². The van der Waals surface area contributed by atoms with Gasteiger partial charge in [0.1, 0.15) is 11.2 Å². The molecule has 1 aliphatic carbocycles. The van der Waals surface area contributed by atoms with Crippen LogP contribution in [0, 0.1) is 0 Å². The Kier molecular flexibility index (Phi) is 7.73. The first kappa shape index (κ1) is 20.2. The van der Waals surface area contributed by atoms with Crippen LogP contribution in [0.15, 0.2) is 10.3 Å². The van der Waals surface area contributed by atoms with E-state index in [1.165, 1.54) is 44.2 Å². The van der Waals surface area contributed by atoms with Crippen LogP contribution >= 0.6 is 0 Å². The normalized spacial score (nSPS) is 26.1. The number of hydrogen-bond acceptors (Lipinski definition) is 5. The van der Waals surface area contributed by atoms with Crippen LogP contribution < -0.4 is 0 Å². The Labute approximate surface area is 153 Å². The summed E-state index contributed by atoms with van der Waals surface area (Å²) in [7, 11) is 0. The highest BCUT2D eigenvalue weighted by Crippen LogP contribution is 2.37. The molecule has 0 aromatic heterocycles. The molecule has 4 aliphatic rings. The highest BCUT2D eigenvalue weighted by atomic mass is 16.7. The lowest BCUT2D eigenvalue weighted by Gasteiger charge is -2.30. The van der Waals surface area contributed by atoms with Crippen molar-refractivity contribution in [2.24, 2.45) is 10.3 Å². The second kappa shape index (κ2) is 9.56. The third-order valence-electron chi connectivity index (χ3n) is 5.37. The molecule has 25 heavy (non-hydrogen) atoms. The monoisotopic (exact) mass is 352 g/mol. The van der Waals surface area contributed by atoms with E-state index >= 15 is 0 Å². The van der Waals surface area contributed by atoms with Gasteiger partial charge in [0.2, 0.25) is 0 Å². The summed E-state index contributed by atoms with van der Waals surface area (Å²) in [4.78, 5) is 11.0. The van der Waals surface area contributed by atoms with Crippen molar-refractivity contribution in [2.75, 3.05) is 13.2 Å². The SMILES string of the molecule is CC.CC1=NOC2(CCCCCC2)C1.CC1=NOC2(CCOCC2)C1. The Bertz CT molecular complexity index is 460. The van der Waals surface area contributed by atoms with E-state index in [0.717, 1.165) is 44.6 Å². The van der Waals surface area contributed by atoms with Crippen LogP contribution in [-0.2, 0) is 14.4 Å². The van der Waals surface area contributed by atoms with Crippen molar-refractivity contribution in [3.63, 3.8) is 0 Å². The lowest BCUT2D eigenvalue weighted by atomic mass is 9.90. The van der Waals surface area contributed by atoms with E-state index in [2.05, 4.69) is 17.2 Å². The van der Waals surface area contributed by atoms with Gasteiger partial charge in [0.15, 0.2) is 0 Å². The number of oxime groups is 2. The summed E-state index contributed by atoms with van der Waals surface area (Å²) in [6.45, 7) is 9.73. The van der Waals surface area contributed by atoms with Crippen LogP contribution in [0.3, 0.4) is 0 Å². The highest BCUT2D eigenvalue weighted by molar-refractivity contribution is 5.83. The van der Waals surface area contributed by atoms with E-state index in [4.69, 9.17) is 14.4 Å². The van der Waals surface area contributed by atoms with E-state index in [9.17, 15) is 0 Å². The summed E-state index contributed by atoms with van der Waals surface area (Å²) in [5.74, 6) is 0. The number of ether oxygens (including phenoxy) is 1. The minimum absolute atomic E-state index is 0.0162. The second-order valence-electron chi connectivity index (χ2n) is 7.58. The van der Waals surface area contributed by atoms with Crippen molar-refractivity contribution >= 4 is 11.4 Å². The van der Waals surface area contributed by atoms with Gasteiger partial charge in [-0.1, -0.05) is 37.0 Å². The Morgan fingerprint density at radius 2 is 1.12 bits per heavy atom. The average molecular weight is 353 g/mol. The molecule has 1 saturated carbocycles. The van der Waals surface area contributed by atoms with Gasteiger partial charge in [-0.2, -0.15) is 0 Å². The molecule has 0 radical (unpaired) electrons. The molecular weight excluding hydrogens is 316 g/mol. The van der Waals surface area contributed by atoms with E-state index in [1.54, 1.807) is 0 Å². The molecule has 1 saturated heterocycles. The highest BCUT2D eigenvalue weighted by Gasteiger charge is 2.39. The number of nitrogens with zero attached hydrogens (tertiary/aromatic N) is 2. The Morgan fingerprint density at radius 3 is 1.52 bits per heavy atom. The minimum atomic E-state index is 0.0162. The molecule has 3 aliphatic heterocycles. The lowest BCUT2D eigenvalue weighted by molar-refractivity contribution is -0.0919. The largest absolute Gasteiger partial charge is 0.389 e.